The molecule has 1 N–H and O–H groups in total. The number of aryl methyl sites for hydroxylation is 1. The first kappa shape index (κ1) is 14.0. The van der Waals surface area contributed by atoms with Crippen LogP contribution in [0.5, 0.6) is 0 Å². The van der Waals surface area contributed by atoms with E-state index in [1.54, 1.807) is 0 Å². The summed E-state index contributed by atoms with van der Waals surface area (Å²) in [5, 5.41) is 4.17. The van der Waals surface area contributed by atoms with Crippen molar-refractivity contribution >= 4 is 22.9 Å². The van der Waals surface area contributed by atoms with Gasteiger partial charge in [0.15, 0.2) is 0 Å². The summed E-state index contributed by atoms with van der Waals surface area (Å²) in [5.74, 6) is 0. The van der Waals surface area contributed by atoms with E-state index in [0.29, 0.717) is 0 Å². The molecular weight excluding hydrogens is 282 g/mol. The minimum atomic E-state index is 0.786. The zero-order chi connectivity index (χ0) is 14.8. The van der Waals surface area contributed by atoms with Gasteiger partial charge in [-0.3, -0.25) is 0 Å². The predicted molar refractivity (Wildman–Crippen MR) is 89.2 cm³/mol. The van der Waals surface area contributed by atoms with Crippen LogP contribution in [0.15, 0.2) is 42.7 Å². The number of hydrogen-bond donors (Lipinski definition) is 1. The van der Waals surface area contributed by atoms with E-state index in [2.05, 4.69) is 46.2 Å². The van der Waals surface area contributed by atoms with Gasteiger partial charge in [-0.2, -0.15) is 0 Å². The maximum absolute atomic E-state index is 6.08. The van der Waals surface area contributed by atoms with Crippen LogP contribution < -0.4 is 5.32 Å². The van der Waals surface area contributed by atoms with Crippen molar-refractivity contribution in [1.82, 2.24) is 9.38 Å². The van der Waals surface area contributed by atoms with Gasteiger partial charge in [-0.25, -0.2) is 4.98 Å². The molecule has 0 fully saturated rings. The number of halogens is 1. The normalized spacial score (nSPS) is 11.0. The van der Waals surface area contributed by atoms with Gasteiger partial charge in [0, 0.05) is 29.5 Å². The standard InChI is InChI=1S/C17H18ClN3/c1-3-8-19-14-5-7-17-20-16(11-21(17)10-14)13-4-6-15(18)12(2)9-13/h4-7,9-11,19H,3,8H2,1-2H3. The highest BCUT2D eigenvalue weighted by atomic mass is 35.5. The van der Waals surface area contributed by atoms with Gasteiger partial charge in [0.25, 0.3) is 0 Å². The Morgan fingerprint density at radius 3 is 2.81 bits per heavy atom. The molecule has 0 amide bonds. The topological polar surface area (TPSA) is 29.3 Å². The van der Waals surface area contributed by atoms with Crippen molar-refractivity contribution in [1.29, 1.82) is 0 Å². The molecule has 0 aliphatic heterocycles. The third-order valence-electron chi connectivity index (χ3n) is 3.48. The molecule has 0 radical (unpaired) electrons. The molecule has 0 unspecified atom stereocenters. The molecule has 0 saturated carbocycles. The lowest BCUT2D eigenvalue weighted by molar-refractivity contribution is 0.976. The molecule has 0 atom stereocenters. The molecule has 0 bridgehead atoms. The van der Waals surface area contributed by atoms with Crippen LogP contribution in [0.2, 0.25) is 5.02 Å². The Balaban J connectivity index is 1.98. The number of anilines is 1. The van der Waals surface area contributed by atoms with Crippen molar-refractivity contribution in [3.05, 3.63) is 53.3 Å². The maximum atomic E-state index is 6.08. The second kappa shape index (κ2) is 5.78. The van der Waals surface area contributed by atoms with Crippen LogP contribution in [0.4, 0.5) is 5.69 Å². The Morgan fingerprint density at radius 2 is 2.05 bits per heavy atom. The van der Waals surface area contributed by atoms with E-state index in [1.807, 2.05) is 25.1 Å². The number of nitrogens with zero attached hydrogens (tertiary/aromatic N) is 2. The quantitative estimate of drug-likeness (QED) is 0.751. The van der Waals surface area contributed by atoms with Crippen molar-refractivity contribution in [2.24, 2.45) is 0 Å². The molecule has 21 heavy (non-hydrogen) atoms. The van der Waals surface area contributed by atoms with Crippen LogP contribution in [0.3, 0.4) is 0 Å². The molecule has 3 aromatic rings. The van der Waals surface area contributed by atoms with Crippen molar-refractivity contribution in [3.63, 3.8) is 0 Å². The molecule has 0 aliphatic carbocycles. The first-order valence-electron chi connectivity index (χ1n) is 7.16. The summed E-state index contributed by atoms with van der Waals surface area (Å²) in [6, 6.07) is 10.1. The van der Waals surface area contributed by atoms with E-state index in [0.717, 1.165) is 46.1 Å². The van der Waals surface area contributed by atoms with E-state index in [1.165, 1.54) is 0 Å². The van der Waals surface area contributed by atoms with E-state index in [-0.39, 0.29) is 0 Å². The molecule has 3 rings (SSSR count). The Labute approximate surface area is 129 Å². The van der Waals surface area contributed by atoms with Gasteiger partial charge in [0.2, 0.25) is 0 Å². The second-order valence-electron chi connectivity index (χ2n) is 5.20. The average Bonchev–Trinajstić information content (AvgIpc) is 2.91. The Kier molecular flexibility index (Phi) is 3.84. The third-order valence-corrected chi connectivity index (χ3v) is 3.91. The lowest BCUT2D eigenvalue weighted by atomic mass is 10.1. The number of nitrogens with one attached hydrogen (secondary N) is 1. The SMILES string of the molecule is CCCNc1ccc2nc(-c3ccc(Cl)c(C)c3)cn2c1. The lowest BCUT2D eigenvalue weighted by Crippen LogP contribution is -2.00. The van der Waals surface area contributed by atoms with E-state index < -0.39 is 0 Å². The van der Waals surface area contributed by atoms with Crippen LogP contribution in [0, 0.1) is 6.92 Å². The fourth-order valence-electron chi connectivity index (χ4n) is 2.31. The first-order chi connectivity index (χ1) is 10.2. The number of fused-ring (bicyclic) bond motifs is 1. The van der Waals surface area contributed by atoms with Crippen molar-refractivity contribution in [3.8, 4) is 11.3 Å². The van der Waals surface area contributed by atoms with Crippen molar-refractivity contribution in [2.75, 3.05) is 11.9 Å². The largest absolute Gasteiger partial charge is 0.384 e. The van der Waals surface area contributed by atoms with E-state index >= 15 is 0 Å². The number of aromatic nitrogens is 2. The molecule has 0 saturated heterocycles. The van der Waals surface area contributed by atoms with Gasteiger partial charge >= 0.3 is 0 Å². The minimum Gasteiger partial charge on any atom is -0.384 e. The fourth-order valence-corrected chi connectivity index (χ4v) is 2.43. The van der Waals surface area contributed by atoms with Gasteiger partial charge < -0.3 is 9.72 Å². The Hall–Kier alpha value is -2.00. The lowest BCUT2D eigenvalue weighted by Gasteiger charge is -2.04. The molecule has 0 aliphatic rings. The van der Waals surface area contributed by atoms with Gasteiger partial charge in [-0.1, -0.05) is 24.6 Å². The van der Waals surface area contributed by atoms with Crippen LogP contribution in [-0.2, 0) is 0 Å². The summed E-state index contributed by atoms with van der Waals surface area (Å²) in [6.45, 7) is 5.14. The summed E-state index contributed by atoms with van der Waals surface area (Å²) in [6.07, 6.45) is 5.23. The van der Waals surface area contributed by atoms with Crippen molar-refractivity contribution < 1.29 is 0 Å². The number of benzene rings is 1. The molecular formula is C17H18ClN3. The molecule has 108 valence electrons. The van der Waals surface area contributed by atoms with Gasteiger partial charge in [0.05, 0.1) is 11.4 Å². The predicted octanol–water partition coefficient (Wildman–Crippen LogP) is 4.79. The molecule has 1 aromatic carbocycles. The second-order valence-corrected chi connectivity index (χ2v) is 5.61. The molecule has 2 heterocycles. The Morgan fingerprint density at radius 1 is 1.19 bits per heavy atom. The third kappa shape index (κ3) is 2.88. The van der Waals surface area contributed by atoms with Crippen LogP contribution in [-0.4, -0.2) is 15.9 Å². The number of rotatable bonds is 4. The van der Waals surface area contributed by atoms with Crippen LogP contribution >= 0.6 is 11.6 Å². The summed E-state index contributed by atoms with van der Waals surface area (Å²) >= 11 is 6.08. The highest BCUT2D eigenvalue weighted by Gasteiger charge is 2.06. The monoisotopic (exact) mass is 299 g/mol. The molecule has 0 spiro atoms. The fraction of sp³-hybridized carbons (Fsp3) is 0.235. The van der Waals surface area contributed by atoms with Gasteiger partial charge in [0.1, 0.15) is 5.65 Å². The average molecular weight is 300 g/mol. The van der Waals surface area contributed by atoms with E-state index in [9.17, 15) is 0 Å². The summed E-state index contributed by atoms with van der Waals surface area (Å²) in [5.41, 5.74) is 5.17. The van der Waals surface area contributed by atoms with E-state index in [4.69, 9.17) is 11.6 Å². The first-order valence-corrected chi connectivity index (χ1v) is 7.54. The Bertz CT molecular complexity index is 777. The highest BCUT2D eigenvalue weighted by Crippen LogP contribution is 2.25. The molecule has 2 aromatic heterocycles. The number of imidazole rings is 1. The molecule has 4 heteroatoms. The highest BCUT2D eigenvalue weighted by molar-refractivity contribution is 6.31. The zero-order valence-electron chi connectivity index (χ0n) is 12.2. The number of pyridine rings is 1. The summed E-state index contributed by atoms with van der Waals surface area (Å²) < 4.78 is 2.05. The summed E-state index contributed by atoms with van der Waals surface area (Å²) in [7, 11) is 0. The van der Waals surface area contributed by atoms with Gasteiger partial charge in [-0.05, 0) is 43.2 Å². The van der Waals surface area contributed by atoms with Gasteiger partial charge in [-0.15, -0.1) is 0 Å². The summed E-state index contributed by atoms with van der Waals surface area (Å²) in [4.78, 5) is 4.67. The zero-order valence-corrected chi connectivity index (χ0v) is 13.0. The van der Waals surface area contributed by atoms with Crippen LogP contribution in [0.1, 0.15) is 18.9 Å². The molecule has 3 nitrogen and oxygen atoms in total. The van der Waals surface area contributed by atoms with Crippen LogP contribution in [0.25, 0.3) is 16.9 Å². The smallest absolute Gasteiger partial charge is 0.137 e. The minimum absolute atomic E-state index is 0.786. The van der Waals surface area contributed by atoms with Crippen molar-refractivity contribution in [2.45, 2.75) is 20.3 Å². The maximum Gasteiger partial charge on any atom is 0.137 e. The number of hydrogen-bond acceptors (Lipinski definition) is 2.